The Hall–Kier alpha value is -0.780. The molecule has 108 valence electrons. The van der Waals surface area contributed by atoms with E-state index in [0.717, 1.165) is 5.56 Å². The normalized spacial score (nSPS) is 14.2. The van der Waals surface area contributed by atoms with Gasteiger partial charge in [-0.05, 0) is 39.1 Å². The lowest BCUT2D eigenvalue weighted by Crippen LogP contribution is -2.43. The van der Waals surface area contributed by atoms with Gasteiger partial charge in [0.05, 0.1) is 17.9 Å². The predicted octanol–water partition coefficient (Wildman–Crippen LogP) is 2.43. The number of ether oxygens (including phenoxy) is 1. The maximum Gasteiger partial charge on any atom is 0.154 e. The Labute approximate surface area is 120 Å². The molecule has 0 aliphatic rings. The molecule has 19 heavy (non-hydrogen) atoms. The summed E-state index contributed by atoms with van der Waals surface area (Å²) in [5.41, 5.74) is 0.730. The first-order valence-electron chi connectivity index (χ1n) is 5.85. The van der Waals surface area contributed by atoms with Gasteiger partial charge in [-0.15, -0.1) is 0 Å². The highest BCUT2D eigenvalue weighted by Crippen LogP contribution is 2.37. The van der Waals surface area contributed by atoms with Gasteiger partial charge in [0, 0.05) is 16.8 Å². The number of hydrogen-bond donors (Lipinski definition) is 1. The third-order valence-corrected chi connectivity index (χ3v) is 5.82. The molecule has 0 aromatic heterocycles. The van der Waals surface area contributed by atoms with Crippen LogP contribution < -0.4 is 10.1 Å². The fourth-order valence-corrected chi connectivity index (χ4v) is 2.88. The minimum atomic E-state index is -3.26. The lowest BCUT2D eigenvalue weighted by molar-refractivity contribution is 0.385. The molecule has 1 aromatic carbocycles. The molecule has 0 saturated heterocycles. The van der Waals surface area contributed by atoms with Crippen LogP contribution in [0.5, 0.6) is 5.75 Å². The van der Waals surface area contributed by atoms with E-state index in [1.165, 1.54) is 6.26 Å². The van der Waals surface area contributed by atoms with Crippen LogP contribution in [0.15, 0.2) is 18.2 Å². The Morgan fingerprint density at radius 3 is 2.37 bits per heavy atom. The Kier molecular flexibility index (Phi) is 4.87. The van der Waals surface area contributed by atoms with Crippen LogP contribution in [0.1, 0.15) is 25.5 Å². The lowest BCUT2D eigenvalue weighted by Gasteiger charge is -2.33. The highest BCUT2D eigenvalue weighted by molar-refractivity contribution is 7.92. The number of hydrogen-bond acceptors (Lipinski definition) is 4. The molecular weight excluding hydrogens is 286 g/mol. The van der Waals surface area contributed by atoms with Crippen LogP contribution >= 0.6 is 11.6 Å². The molecule has 0 heterocycles. The molecule has 0 aliphatic heterocycles. The maximum atomic E-state index is 12.0. The molecule has 0 amide bonds. The van der Waals surface area contributed by atoms with Gasteiger partial charge in [-0.2, -0.15) is 0 Å². The quantitative estimate of drug-likeness (QED) is 0.908. The van der Waals surface area contributed by atoms with E-state index in [4.69, 9.17) is 16.3 Å². The minimum absolute atomic E-state index is 0.420. The van der Waals surface area contributed by atoms with Crippen molar-refractivity contribution in [2.24, 2.45) is 0 Å². The molecule has 1 N–H and O–H groups in total. The van der Waals surface area contributed by atoms with Crippen LogP contribution in [0, 0.1) is 0 Å². The zero-order valence-corrected chi connectivity index (χ0v) is 13.4. The number of sulfone groups is 1. The Balaban J connectivity index is 3.44. The van der Waals surface area contributed by atoms with Gasteiger partial charge in [-0.3, -0.25) is 0 Å². The zero-order valence-electron chi connectivity index (χ0n) is 11.8. The fourth-order valence-electron chi connectivity index (χ4n) is 2.02. The summed E-state index contributed by atoms with van der Waals surface area (Å²) < 4.78 is 28.3. The second-order valence-corrected chi connectivity index (χ2v) is 8.02. The summed E-state index contributed by atoms with van der Waals surface area (Å²) >= 11 is 6.01. The van der Waals surface area contributed by atoms with E-state index in [-0.39, 0.29) is 0 Å². The van der Waals surface area contributed by atoms with E-state index < -0.39 is 20.6 Å². The van der Waals surface area contributed by atoms with Gasteiger partial charge >= 0.3 is 0 Å². The second-order valence-electron chi connectivity index (χ2n) is 4.98. The van der Waals surface area contributed by atoms with Gasteiger partial charge < -0.3 is 10.1 Å². The van der Waals surface area contributed by atoms with E-state index in [0.29, 0.717) is 10.8 Å². The number of nitrogens with one attached hydrogen (secondary N) is 1. The van der Waals surface area contributed by atoms with Crippen LogP contribution in [-0.4, -0.2) is 33.6 Å². The van der Waals surface area contributed by atoms with Crippen molar-refractivity contribution in [2.75, 3.05) is 20.4 Å². The van der Waals surface area contributed by atoms with Gasteiger partial charge in [0.15, 0.2) is 9.84 Å². The van der Waals surface area contributed by atoms with Crippen molar-refractivity contribution in [2.45, 2.75) is 24.6 Å². The Morgan fingerprint density at radius 2 is 1.95 bits per heavy atom. The molecule has 1 rings (SSSR count). The number of methoxy groups -OCH3 is 1. The zero-order chi connectivity index (χ0) is 14.8. The van der Waals surface area contributed by atoms with Crippen LogP contribution in [0.4, 0.5) is 0 Å². The number of rotatable bonds is 5. The van der Waals surface area contributed by atoms with E-state index >= 15 is 0 Å². The summed E-state index contributed by atoms with van der Waals surface area (Å²) in [5.74, 6) is 0.612. The van der Waals surface area contributed by atoms with E-state index in [9.17, 15) is 8.42 Å². The molecule has 0 radical (unpaired) electrons. The van der Waals surface area contributed by atoms with Gasteiger partial charge in [0.25, 0.3) is 0 Å². The highest BCUT2D eigenvalue weighted by Gasteiger charge is 2.40. The summed E-state index contributed by atoms with van der Waals surface area (Å²) in [5, 5.41) is 3.59. The Morgan fingerprint density at radius 1 is 1.37 bits per heavy atom. The van der Waals surface area contributed by atoms with Crippen molar-refractivity contribution in [3.63, 3.8) is 0 Å². The smallest absolute Gasteiger partial charge is 0.154 e. The molecule has 0 bridgehead atoms. The largest absolute Gasteiger partial charge is 0.496 e. The molecule has 1 aromatic rings. The lowest BCUT2D eigenvalue weighted by atomic mass is 9.94. The third-order valence-electron chi connectivity index (χ3n) is 3.44. The summed E-state index contributed by atoms with van der Waals surface area (Å²) in [6.07, 6.45) is 1.23. The van der Waals surface area contributed by atoms with E-state index in [1.807, 2.05) is 0 Å². The van der Waals surface area contributed by atoms with Crippen molar-refractivity contribution < 1.29 is 13.2 Å². The van der Waals surface area contributed by atoms with Crippen molar-refractivity contribution in [1.82, 2.24) is 5.32 Å². The summed E-state index contributed by atoms with van der Waals surface area (Å²) in [7, 11) is 0.00790. The predicted molar refractivity (Wildman–Crippen MR) is 78.7 cm³/mol. The van der Waals surface area contributed by atoms with Gasteiger partial charge in [0.1, 0.15) is 5.75 Å². The van der Waals surface area contributed by atoms with Gasteiger partial charge in [0.2, 0.25) is 0 Å². The van der Waals surface area contributed by atoms with Crippen molar-refractivity contribution in [1.29, 1.82) is 0 Å². The molecule has 0 fully saturated rings. The molecule has 1 atom stereocenters. The standard InChI is InChI=1S/C13H20ClNO3S/c1-13(2,19(5,16)17)12(15-3)10-8-9(14)6-7-11(10)18-4/h6-8,12,15H,1-5H3. The summed E-state index contributed by atoms with van der Waals surface area (Å²) in [6, 6.07) is 4.76. The van der Waals surface area contributed by atoms with E-state index in [1.54, 1.807) is 46.2 Å². The molecular formula is C13H20ClNO3S. The number of halogens is 1. The number of benzene rings is 1. The SMILES string of the molecule is CNC(c1cc(Cl)ccc1OC)C(C)(C)S(C)(=O)=O. The van der Waals surface area contributed by atoms with Crippen LogP contribution in [0.25, 0.3) is 0 Å². The van der Waals surface area contributed by atoms with Crippen molar-refractivity contribution >= 4 is 21.4 Å². The average molecular weight is 306 g/mol. The molecule has 6 heteroatoms. The first-order valence-corrected chi connectivity index (χ1v) is 8.12. The molecule has 0 aliphatic carbocycles. The molecule has 4 nitrogen and oxygen atoms in total. The minimum Gasteiger partial charge on any atom is -0.496 e. The first kappa shape index (κ1) is 16.3. The molecule has 0 saturated carbocycles. The summed E-state index contributed by atoms with van der Waals surface area (Å²) in [4.78, 5) is 0. The van der Waals surface area contributed by atoms with E-state index in [2.05, 4.69) is 5.32 Å². The third kappa shape index (κ3) is 3.22. The van der Waals surface area contributed by atoms with Crippen molar-refractivity contribution in [3.05, 3.63) is 28.8 Å². The maximum absolute atomic E-state index is 12.0. The van der Waals surface area contributed by atoms with Crippen LogP contribution in [0.3, 0.4) is 0 Å². The Bertz CT molecular complexity index is 555. The molecule has 0 spiro atoms. The summed E-state index contributed by atoms with van der Waals surface area (Å²) in [6.45, 7) is 3.37. The van der Waals surface area contributed by atoms with Crippen LogP contribution in [-0.2, 0) is 9.84 Å². The second kappa shape index (κ2) is 5.69. The highest BCUT2D eigenvalue weighted by atomic mass is 35.5. The van der Waals surface area contributed by atoms with Gasteiger partial charge in [-0.1, -0.05) is 11.6 Å². The van der Waals surface area contributed by atoms with Crippen molar-refractivity contribution in [3.8, 4) is 5.75 Å². The topological polar surface area (TPSA) is 55.4 Å². The average Bonchev–Trinajstić information content (AvgIpc) is 2.28. The van der Waals surface area contributed by atoms with Gasteiger partial charge in [-0.25, -0.2) is 8.42 Å². The molecule has 1 unspecified atom stereocenters. The monoisotopic (exact) mass is 305 g/mol. The fraction of sp³-hybridized carbons (Fsp3) is 0.538. The van der Waals surface area contributed by atoms with Crippen LogP contribution in [0.2, 0.25) is 5.02 Å². The first-order chi connectivity index (χ1) is 8.65.